The quantitative estimate of drug-likeness (QED) is 0.842. The number of amides is 2. The lowest BCUT2D eigenvalue weighted by Gasteiger charge is -2.35. The van der Waals surface area contributed by atoms with Crippen molar-refractivity contribution < 1.29 is 19.5 Å². The van der Waals surface area contributed by atoms with Gasteiger partial charge in [0, 0.05) is 10.7 Å². The summed E-state index contributed by atoms with van der Waals surface area (Å²) in [6.07, 6.45) is 0. The molecule has 1 saturated heterocycles. The van der Waals surface area contributed by atoms with Gasteiger partial charge < -0.3 is 10.0 Å². The fourth-order valence-electron chi connectivity index (χ4n) is 2.07. The van der Waals surface area contributed by atoms with Crippen molar-refractivity contribution in [3.8, 4) is 0 Å². The molecule has 0 aliphatic carbocycles. The molecule has 1 aromatic rings. The van der Waals surface area contributed by atoms with Crippen LogP contribution in [0.1, 0.15) is 6.92 Å². The molecule has 20 heavy (non-hydrogen) atoms. The number of piperazine rings is 1. The van der Waals surface area contributed by atoms with Crippen molar-refractivity contribution in [1.82, 2.24) is 4.90 Å². The van der Waals surface area contributed by atoms with Crippen molar-refractivity contribution in [2.24, 2.45) is 0 Å². The van der Waals surface area contributed by atoms with E-state index in [2.05, 4.69) is 0 Å². The zero-order chi connectivity index (χ0) is 14.9. The lowest BCUT2D eigenvalue weighted by atomic mass is 10.2. The van der Waals surface area contributed by atoms with Gasteiger partial charge in [0.1, 0.15) is 6.04 Å². The number of carbonyl (C=O) groups is 3. The highest BCUT2D eigenvalue weighted by Gasteiger charge is 2.37. The van der Waals surface area contributed by atoms with Gasteiger partial charge in [-0.1, -0.05) is 17.7 Å². The van der Waals surface area contributed by atoms with E-state index in [9.17, 15) is 14.4 Å². The molecule has 0 spiro atoms. The molecule has 0 bridgehead atoms. The Hall–Kier alpha value is -2.08. The van der Waals surface area contributed by atoms with Gasteiger partial charge in [-0.05, 0) is 25.1 Å². The molecule has 2 rings (SSSR count). The summed E-state index contributed by atoms with van der Waals surface area (Å²) in [5.74, 6) is -2.27. The third-order valence-corrected chi connectivity index (χ3v) is 3.34. The van der Waals surface area contributed by atoms with E-state index in [1.165, 1.54) is 6.92 Å². The van der Waals surface area contributed by atoms with Crippen molar-refractivity contribution >= 4 is 35.1 Å². The summed E-state index contributed by atoms with van der Waals surface area (Å²) >= 11 is 5.87. The third-order valence-electron chi connectivity index (χ3n) is 3.11. The molecule has 2 amide bonds. The molecule has 106 valence electrons. The molecule has 1 unspecified atom stereocenters. The normalized spacial score (nSPS) is 17.3. The number of nitrogens with zero attached hydrogens (tertiary/aromatic N) is 2. The lowest BCUT2D eigenvalue weighted by Crippen LogP contribution is -2.58. The van der Waals surface area contributed by atoms with Crippen LogP contribution >= 0.6 is 11.6 Å². The van der Waals surface area contributed by atoms with E-state index in [1.54, 1.807) is 29.2 Å². The molecule has 1 aromatic carbocycles. The SMILES string of the molecule is CC(C(=O)O)N1C(=O)CN(c2cccc(Cl)c2)CC1=O. The van der Waals surface area contributed by atoms with Crippen LogP contribution in [0.2, 0.25) is 5.02 Å². The average Bonchev–Trinajstić information content (AvgIpc) is 2.37. The zero-order valence-electron chi connectivity index (χ0n) is 10.7. The highest BCUT2D eigenvalue weighted by molar-refractivity contribution is 6.30. The van der Waals surface area contributed by atoms with E-state index >= 15 is 0 Å². The van der Waals surface area contributed by atoms with Gasteiger partial charge in [-0.25, -0.2) is 4.79 Å². The number of rotatable bonds is 3. The summed E-state index contributed by atoms with van der Waals surface area (Å²) in [6, 6.07) is 5.65. The molecule has 1 N–H and O–H groups in total. The Labute approximate surface area is 120 Å². The Morgan fingerprint density at radius 2 is 1.90 bits per heavy atom. The molecule has 7 heteroatoms. The summed E-state index contributed by atoms with van der Waals surface area (Å²) in [7, 11) is 0. The van der Waals surface area contributed by atoms with Gasteiger partial charge in [-0.2, -0.15) is 0 Å². The van der Waals surface area contributed by atoms with Crippen LogP contribution in [0.25, 0.3) is 0 Å². The summed E-state index contributed by atoms with van der Waals surface area (Å²) in [5, 5.41) is 9.42. The molecule has 1 aliphatic heterocycles. The molecule has 0 saturated carbocycles. The van der Waals surface area contributed by atoms with Gasteiger partial charge in [-0.3, -0.25) is 14.5 Å². The minimum absolute atomic E-state index is 0.0519. The maximum absolute atomic E-state index is 12.0. The third kappa shape index (κ3) is 2.75. The number of carbonyl (C=O) groups excluding carboxylic acids is 2. The first-order chi connectivity index (χ1) is 9.40. The second-order valence-corrected chi connectivity index (χ2v) is 4.94. The van der Waals surface area contributed by atoms with Crippen LogP contribution in [0, 0.1) is 0 Å². The molecule has 0 aromatic heterocycles. The highest BCUT2D eigenvalue weighted by Crippen LogP contribution is 2.22. The van der Waals surface area contributed by atoms with E-state index in [1.807, 2.05) is 0 Å². The second kappa shape index (κ2) is 5.50. The molecule has 0 radical (unpaired) electrons. The van der Waals surface area contributed by atoms with E-state index in [4.69, 9.17) is 16.7 Å². The molecule has 1 atom stereocenters. The molecule has 1 aliphatic rings. The number of carboxylic acids is 1. The predicted octanol–water partition coefficient (Wildman–Crippen LogP) is 0.988. The number of carboxylic acid groups (broad SMARTS) is 1. The Balaban J connectivity index is 2.20. The van der Waals surface area contributed by atoms with Crippen LogP contribution in [0.15, 0.2) is 24.3 Å². The topological polar surface area (TPSA) is 77.9 Å². The number of benzene rings is 1. The van der Waals surface area contributed by atoms with E-state index < -0.39 is 23.8 Å². The summed E-state index contributed by atoms with van der Waals surface area (Å²) < 4.78 is 0. The standard InChI is InChI=1S/C13H13ClN2O4/c1-8(13(19)20)16-11(17)6-15(7-12(16)18)10-4-2-3-9(14)5-10/h2-5,8H,6-7H2,1H3,(H,19,20). The Morgan fingerprint density at radius 3 is 2.40 bits per heavy atom. The molecular weight excluding hydrogens is 284 g/mol. The summed E-state index contributed by atoms with van der Waals surface area (Å²) in [5.41, 5.74) is 0.654. The Kier molecular flexibility index (Phi) is 3.94. The first-order valence-corrected chi connectivity index (χ1v) is 6.36. The molecular formula is C13H13ClN2O4. The van der Waals surface area contributed by atoms with Crippen LogP contribution in [-0.4, -0.2) is 46.9 Å². The van der Waals surface area contributed by atoms with Gasteiger partial charge in [0.2, 0.25) is 11.8 Å². The summed E-state index contributed by atoms with van der Waals surface area (Å²) in [6.45, 7) is 1.21. The largest absolute Gasteiger partial charge is 0.480 e. The van der Waals surface area contributed by atoms with E-state index in [0.29, 0.717) is 10.7 Å². The van der Waals surface area contributed by atoms with E-state index in [0.717, 1.165) is 4.90 Å². The number of hydrogen-bond donors (Lipinski definition) is 1. The predicted molar refractivity (Wildman–Crippen MR) is 72.6 cm³/mol. The van der Waals surface area contributed by atoms with Crippen molar-refractivity contribution in [2.45, 2.75) is 13.0 Å². The minimum Gasteiger partial charge on any atom is -0.480 e. The van der Waals surface area contributed by atoms with Crippen molar-refractivity contribution in [1.29, 1.82) is 0 Å². The Morgan fingerprint density at radius 1 is 1.30 bits per heavy atom. The number of aliphatic carboxylic acids is 1. The van der Waals surface area contributed by atoms with Gasteiger partial charge in [-0.15, -0.1) is 0 Å². The fraction of sp³-hybridized carbons (Fsp3) is 0.308. The monoisotopic (exact) mass is 296 g/mol. The lowest BCUT2D eigenvalue weighted by molar-refractivity contribution is -0.157. The van der Waals surface area contributed by atoms with E-state index in [-0.39, 0.29) is 13.1 Å². The maximum Gasteiger partial charge on any atom is 0.326 e. The van der Waals surface area contributed by atoms with Crippen molar-refractivity contribution in [3.05, 3.63) is 29.3 Å². The highest BCUT2D eigenvalue weighted by atomic mass is 35.5. The fourth-order valence-corrected chi connectivity index (χ4v) is 2.26. The second-order valence-electron chi connectivity index (χ2n) is 4.51. The van der Waals surface area contributed by atoms with Crippen LogP contribution in [0.4, 0.5) is 5.69 Å². The van der Waals surface area contributed by atoms with Crippen molar-refractivity contribution in [3.63, 3.8) is 0 Å². The molecule has 6 nitrogen and oxygen atoms in total. The number of imide groups is 1. The maximum atomic E-state index is 12.0. The first-order valence-electron chi connectivity index (χ1n) is 5.98. The van der Waals surface area contributed by atoms with Gasteiger partial charge in [0.05, 0.1) is 13.1 Å². The molecule has 1 heterocycles. The van der Waals surface area contributed by atoms with Crippen LogP contribution in [0.3, 0.4) is 0 Å². The van der Waals surface area contributed by atoms with Crippen LogP contribution < -0.4 is 4.90 Å². The van der Waals surface area contributed by atoms with Gasteiger partial charge in [0.15, 0.2) is 0 Å². The summed E-state index contributed by atoms with van der Waals surface area (Å²) in [4.78, 5) is 37.2. The number of halogens is 1. The average molecular weight is 297 g/mol. The number of hydrogen-bond acceptors (Lipinski definition) is 4. The van der Waals surface area contributed by atoms with Crippen LogP contribution in [0.5, 0.6) is 0 Å². The Bertz CT molecular complexity index is 557. The smallest absolute Gasteiger partial charge is 0.326 e. The van der Waals surface area contributed by atoms with Gasteiger partial charge >= 0.3 is 5.97 Å². The number of anilines is 1. The zero-order valence-corrected chi connectivity index (χ0v) is 11.5. The first kappa shape index (κ1) is 14.3. The van der Waals surface area contributed by atoms with Crippen molar-refractivity contribution in [2.75, 3.05) is 18.0 Å². The van der Waals surface area contributed by atoms with Crippen LogP contribution in [-0.2, 0) is 14.4 Å². The minimum atomic E-state index is -1.21. The molecule has 1 fully saturated rings. The van der Waals surface area contributed by atoms with Gasteiger partial charge in [0.25, 0.3) is 0 Å².